The van der Waals surface area contributed by atoms with Gasteiger partial charge < -0.3 is 5.32 Å². The molecule has 2 nitrogen and oxygen atoms in total. The Morgan fingerprint density at radius 1 is 1.32 bits per heavy atom. The molecule has 1 heterocycles. The zero-order valence-corrected chi connectivity index (χ0v) is 12.4. The molecule has 0 radical (unpaired) electrons. The first-order valence-corrected chi connectivity index (χ1v) is 7.45. The van der Waals surface area contributed by atoms with Crippen LogP contribution in [0.4, 0.5) is 5.69 Å². The zero-order chi connectivity index (χ0) is 13.8. The average Bonchev–Trinajstić information content (AvgIpc) is 2.85. The molecule has 1 amide bonds. The average molecular weight is 273 g/mol. The van der Waals surface area contributed by atoms with E-state index >= 15 is 0 Å². The number of para-hydroxylation sites is 1. The Morgan fingerprint density at radius 3 is 2.68 bits per heavy atom. The number of nitrogens with one attached hydrogen (secondary N) is 1. The fraction of sp³-hybridized carbons (Fsp3) is 0.312. The number of benzene rings is 1. The molecule has 0 bridgehead atoms. The SMILES string of the molecule is CCC(C)c1ccccc1NC(=O)c1sccc1C. The van der Waals surface area contributed by atoms with Crippen molar-refractivity contribution in [1.82, 2.24) is 0 Å². The quantitative estimate of drug-likeness (QED) is 0.850. The van der Waals surface area contributed by atoms with Crippen molar-refractivity contribution in [2.45, 2.75) is 33.1 Å². The van der Waals surface area contributed by atoms with Crippen LogP contribution in [0.2, 0.25) is 0 Å². The summed E-state index contributed by atoms with van der Waals surface area (Å²) in [5.74, 6) is 0.434. The predicted octanol–water partition coefficient (Wildman–Crippen LogP) is 4.82. The highest BCUT2D eigenvalue weighted by Gasteiger charge is 2.14. The van der Waals surface area contributed by atoms with Gasteiger partial charge in [0.05, 0.1) is 4.88 Å². The molecule has 0 spiro atoms. The van der Waals surface area contributed by atoms with Crippen LogP contribution in [0.1, 0.15) is 47.0 Å². The van der Waals surface area contributed by atoms with Gasteiger partial charge in [-0.05, 0) is 47.9 Å². The fourth-order valence-corrected chi connectivity index (χ4v) is 2.87. The molecule has 1 unspecified atom stereocenters. The van der Waals surface area contributed by atoms with Crippen molar-refractivity contribution >= 4 is 22.9 Å². The van der Waals surface area contributed by atoms with Crippen molar-refractivity contribution in [3.05, 3.63) is 51.7 Å². The number of thiophene rings is 1. The molecule has 3 heteroatoms. The smallest absolute Gasteiger partial charge is 0.266 e. The van der Waals surface area contributed by atoms with Gasteiger partial charge in [0.15, 0.2) is 0 Å². The zero-order valence-electron chi connectivity index (χ0n) is 11.6. The molecule has 0 saturated carbocycles. The van der Waals surface area contributed by atoms with Crippen LogP contribution in [0.15, 0.2) is 35.7 Å². The van der Waals surface area contributed by atoms with Gasteiger partial charge >= 0.3 is 0 Å². The van der Waals surface area contributed by atoms with Crippen molar-refractivity contribution in [2.24, 2.45) is 0 Å². The number of aryl methyl sites for hydroxylation is 1. The van der Waals surface area contributed by atoms with E-state index in [1.54, 1.807) is 0 Å². The summed E-state index contributed by atoms with van der Waals surface area (Å²) in [6.07, 6.45) is 1.06. The first-order valence-electron chi connectivity index (χ1n) is 6.57. The van der Waals surface area contributed by atoms with Gasteiger partial charge in [-0.3, -0.25) is 4.79 Å². The van der Waals surface area contributed by atoms with E-state index in [0.29, 0.717) is 5.92 Å². The number of amides is 1. The highest BCUT2D eigenvalue weighted by molar-refractivity contribution is 7.12. The number of carbonyl (C=O) groups excluding carboxylic acids is 1. The van der Waals surface area contributed by atoms with Gasteiger partial charge in [-0.15, -0.1) is 11.3 Å². The largest absolute Gasteiger partial charge is 0.321 e. The Bertz CT molecular complexity index is 574. The molecule has 2 rings (SSSR count). The molecule has 100 valence electrons. The van der Waals surface area contributed by atoms with E-state index in [-0.39, 0.29) is 5.91 Å². The van der Waals surface area contributed by atoms with Crippen LogP contribution in [0.25, 0.3) is 0 Å². The van der Waals surface area contributed by atoms with E-state index in [1.165, 1.54) is 16.9 Å². The number of rotatable bonds is 4. The minimum atomic E-state index is -0.0109. The molecule has 1 aromatic heterocycles. The summed E-state index contributed by atoms with van der Waals surface area (Å²) in [6.45, 7) is 6.31. The third-order valence-corrected chi connectivity index (χ3v) is 4.44. The summed E-state index contributed by atoms with van der Waals surface area (Å²) in [4.78, 5) is 13.0. The van der Waals surface area contributed by atoms with Gasteiger partial charge in [-0.2, -0.15) is 0 Å². The van der Waals surface area contributed by atoms with E-state index < -0.39 is 0 Å². The lowest BCUT2D eigenvalue weighted by Crippen LogP contribution is -2.13. The summed E-state index contributed by atoms with van der Waals surface area (Å²) < 4.78 is 0. The van der Waals surface area contributed by atoms with Crippen molar-refractivity contribution in [3.8, 4) is 0 Å². The van der Waals surface area contributed by atoms with Gasteiger partial charge in [-0.1, -0.05) is 32.0 Å². The van der Waals surface area contributed by atoms with Crippen LogP contribution in [0.3, 0.4) is 0 Å². The first-order chi connectivity index (χ1) is 9.13. The van der Waals surface area contributed by atoms with Crippen LogP contribution in [-0.2, 0) is 0 Å². The Morgan fingerprint density at radius 2 is 2.05 bits per heavy atom. The van der Waals surface area contributed by atoms with Gasteiger partial charge in [0.1, 0.15) is 0 Å². The van der Waals surface area contributed by atoms with Gasteiger partial charge in [0.2, 0.25) is 0 Å². The summed E-state index contributed by atoms with van der Waals surface area (Å²) in [6, 6.07) is 10.0. The standard InChI is InChI=1S/C16H19NOS/c1-4-11(2)13-7-5-6-8-14(13)17-16(18)15-12(3)9-10-19-15/h5-11H,4H2,1-3H3,(H,17,18). The molecule has 0 saturated heterocycles. The van der Waals surface area contributed by atoms with Crippen molar-refractivity contribution < 1.29 is 4.79 Å². The van der Waals surface area contributed by atoms with Gasteiger partial charge in [0, 0.05) is 5.69 Å². The highest BCUT2D eigenvalue weighted by Crippen LogP contribution is 2.27. The number of hydrogen-bond acceptors (Lipinski definition) is 2. The van der Waals surface area contributed by atoms with Crippen molar-refractivity contribution in [2.75, 3.05) is 5.32 Å². The molecule has 19 heavy (non-hydrogen) atoms. The normalized spacial score (nSPS) is 12.2. The van der Waals surface area contributed by atoms with Gasteiger partial charge in [-0.25, -0.2) is 0 Å². The van der Waals surface area contributed by atoms with E-state index in [2.05, 4.69) is 25.2 Å². The Balaban J connectivity index is 2.24. The summed E-state index contributed by atoms with van der Waals surface area (Å²) in [5, 5.41) is 4.99. The Hall–Kier alpha value is -1.61. The van der Waals surface area contributed by atoms with Crippen molar-refractivity contribution in [1.29, 1.82) is 0 Å². The number of carbonyl (C=O) groups is 1. The number of hydrogen-bond donors (Lipinski definition) is 1. The molecular weight excluding hydrogens is 254 g/mol. The highest BCUT2D eigenvalue weighted by atomic mass is 32.1. The molecule has 0 aliphatic rings. The molecule has 1 N–H and O–H groups in total. The molecular formula is C16H19NOS. The topological polar surface area (TPSA) is 29.1 Å². The van der Waals surface area contributed by atoms with Crippen LogP contribution >= 0.6 is 11.3 Å². The molecule has 2 aromatic rings. The van der Waals surface area contributed by atoms with Crippen LogP contribution < -0.4 is 5.32 Å². The third kappa shape index (κ3) is 3.04. The van der Waals surface area contributed by atoms with E-state index in [4.69, 9.17) is 0 Å². The van der Waals surface area contributed by atoms with E-state index in [0.717, 1.165) is 22.5 Å². The van der Waals surface area contributed by atoms with Crippen LogP contribution in [-0.4, -0.2) is 5.91 Å². The second-order valence-corrected chi connectivity index (χ2v) is 5.70. The Kier molecular flexibility index (Phi) is 4.38. The maximum absolute atomic E-state index is 12.3. The van der Waals surface area contributed by atoms with E-state index in [9.17, 15) is 4.79 Å². The lowest BCUT2D eigenvalue weighted by Gasteiger charge is -2.15. The Labute approximate surface area is 118 Å². The third-order valence-electron chi connectivity index (χ3n) is 3.42. The van der Waals surface area contributed by atoms with Crippen LogP contribution in [0.5, 0.6) is 0 Å². The second kappa shape index (κ2) is 6.02. The minimum Gasteiger partial charge on any atom is -0.321 e. The first kappa shape index (κ1) is 13.8. The number of anilines is 1. The molecule has 1 aromatic carbocycles. The maximum Gasteiger partial charge on any atom is 0.266 e. The summed E-state index contributed by atoms with van der Waals surface area (Å²) in [5.41, 5.74) is 3.16. The molecule has 0 aliphatic heterocycles. The van der Waals surface area contributed by atoms with Gasteiger partial charge in [0.25, 0.3) is 5.91 Å². The van der Waals surface area contributed by atoms with E-state index in [1.807, 2.05) is 36.6 Å². The lowest BCUT2D eigenvalue weighted by atomic mass is 9.97. The second-order valence-electron chi connectivity index (χ2n) is 4.78. The van der Waals surface area contributed by atoms with Crippen LogP contribution in [0, 0.1) is 6.92 Å². The molecule has 1 atom stereocenters. The maximum atomic E-state index is 12.3. The summed E-state index contributed by atoms with van der Waals surface area (Å²) in [7, 11) is 0. The molecule has 0 fully saturated rings. The minimum absolute atomic E-state index is 0.0109. The summed E-state index contributed by atoms with van der Waals surface area (Å²) >= 11 is 1.48. The lowest BCUT2D eigenvalue weighted by molar-refractivity contribution is 0.103. The predicted molar refractivity (Wildman–Crippen MR) is 82.2 cm³/mol. The monoisotopic (exact) mass is 273 g/mol. The molecule has 0 aliphatic carbocycles. The van der Waals surface area contributed by atoms with Crippen molar-refractivity contribution in [3.63, 3.8) is 0 Å². The fourth-order valence-electron chi connectivity index (χ4n) is 2.04.